The Kier molecular flexibility index (Phi) is 6.26. The van der Waals surface area contributed by atoms with Gasteiger partial charge in [0.2, 0.25) is 11.8 Å². The average Bonchev–Trinajstić information content (AvgIpc) is 2.72. The van der Waals surface area contributed by atoms with Crippen LogP contribution in [0.25, 0.3) is 6.08 Å². The van der Waals surface area contributed by atoms with Crippen molar-refractivity contribution in [2.45, 2.75) is 19.4 Å². The van der Waals surface area contributed by atoms with Crippen molar-refractivity contribution in [3.05, 3.63) is 71.4 Å². The normalized spacial score (nSPS) is 14.6. The molecule has 0 spiro atoms. The predicted molar refractivity (Wildman–Crippen MR) is 110 cm³/mol. The topological polar surface area (TPSA) is 119 Å². The Labute approximate surface area is 173 Å². The second-order valence-electron chi connectivity index (χ2n) is 6.74. The van der Waals surface area contributed by atoms with Crippen molar-refractivity contribution >= 4 is 35.5 Å². The lowest BCUT2D eigenvalue weighted by atomic mass is 9.94. The minimum Gasteiger partial charge on any atom is -0.455 e. The number of hydrogen-bond acceptors (Lipinski definition) is 5. The number of primary amides is 1. The predicted octanol–water partition coefficient (Wildman–Crippen LogP) is 2.23. The number of rotatable bonds is 6. The van der Waals surface area contributed by atoms with Crippen LogP contribution in [0.5, 0.6) is 0 Å². The number of nitrogens with two attached hydrogens (primary N) is 1. The van der Waals surface area contributed by atoms with Gasteiger partial charge in [0.05, 0.1) is 12.5 Å². The van der Waals surface area contributed by atoms with Crippen molar-refractivity contribution in [2.24, 2.45) is 5.73 Å². The summed E-state index contributed by atoms with van der Waals surface area (Å²) in [6.45, 7) is 0.953. The lowest BCUT2D eigenvalue weighted by molar-refractivity contribution is -0.149. The van der Waals surface area contributed by atoms with Gasteiger partial charge >= 0.3 is 5.97 Å². The Morgan fingerprint density at radius 1 is 1.07 bits per heavy atom. The molecule has 30 heavy (non-hydrogen) atoms. The van der Waals surface area contributed by atoms with Crippen molar-refractivity contribution in [3.63, 3.8) is 0 Å². The highest BCUT2D eigenvalue weighted by atomic mass is 16.5. The molecule has 2 aromatic carbocycles. The van der Waals surface area contributed by atoms with Crippen LogP contribution in [-0.4, -0.2) is 35.2 Å². The van der Waals surface area contributed by atoms with Gasteiger partial charge in [0.25, 0.3) is 5.91 Å². The van der Waals surface area contributed by atoms with Gasteiger partial charge in [0.15, 0.2) is 6.61 Å². The van der Waals surface area contributed by atoms with Gasteiger partial charge in [0, 0.05) is 24.4 Å². The van der Waals surface area contributed by atoms with Gasteiger partial charge in [-0.3, -0.25) is 19.2 Å². The highest BCUT2D eigenvalue weighted by molar-refractivity contribution is 5.95. The number of hydrogen-bond donors (Lipinski definition) is 2. The molecule has 0 aliphatic carbocycles. The van der Waals surface area contributed by atoms with Gasteiger partial charge in [-0.15, -0.1) is 0 Å². The molecule has 1 heterocycles. The van der Waals surface area contributed by atoms with Crippen LogP contribution >= 0.6 is 0 Å². The molecule has 3 rings (SSSR count). The monoisotopic (exact) mass is 407 g/mol. The van der Waals surface area contributed by atoms with Crippen LogP contribution in [0.15, 0.2) is 54.7 Å². The summed E-state index contributed by atoms with van der Waals surface area (Å²) in [7, 11) is 0. The number of carbonyl (C=O) groups is 4. The van der Waals surface area contributed by atoms with Gasteiger partial charge < -0.3 is 20.7 Å². The standard InChI is InChI=1S/C22H21N3O5/c1-14(26)25-11-10-15-4-2-3-5-18(15)19(25)12-21(28)30-13-20(27)24-17-8-6-16(7-9-17)22(23)29/h2-11,19H,12-13H2,1H3,(H2,23,29)(H,24,27)/t19-/m0/s1. The second kappa shape index (κ2) is 9.04. The zero-order chi connectivity index (χ0) is 21.7. The van der Waals surface area contributed by atoms with E-state index in [0.717, 1.165) is 11.1 Å². The lowest BCUT2D eigenvalue weighted by Crippen LogP contribution is -2.33. The molecule has 1 aliphatic heterocycles. The van der Waals surface area contributed by atoms with E-state index in [4.69, 9.17) is 10.5 Å². The zero-order valence-electron chi connectivity index (χ0n) is 16.3. The Morgan fingerprint density at radius 2 is 1.77 bits per heavy atom. The summed E-state index contributed by atoms with van der Waals surface area (Å²) >= 11 is 0. The number of fused-ring (bicyclic) bond motifs is 1. The van der Waals surface area contributed by atoms with E-state index in [1.54, 1.807) is 6.20 Å². The van der Waals surface area contributed by atoms with Crippen LogP contribution in [0.1, 0.15) is 40.9 Å². The molecular weight excluding hydrogens is 386 g/mol. The Bertz CT molecular complexity index is 1010. The molecule has 8 heteroatoms. The number of esters is 1. The van der Waals surface area contributed by atoms with Crippen LogP contribution in [0.3, 0.4) is 0 Å². The molecule has 3 N–H and O–H groups in total. The quantitative estimate of drug-likeness (QED) is 0.712. The maximum absolute atomic E-state index is 12.4. The molecule has 8 nitrogen and oxygen atoms in total. The molecule has 0 fully saturated rings. The molecule has 0 unspecified atom stereocenters. The van der Waals surface area contributed by atoms with E-state index in [1.165, 1.54) is 36.1 Å². The largest absolute Gasteiger partial charge is 0.455 e. The summed E-state index contributed by atoms with van der Waals surface area (Å²) in [6.07, 6.45) is 3.38. The molecule has 3 amide bonds. The third-order valence-corrected chi connectivity index (χ3v) is 4.65. The molecule has 0 bridgehead atoms. The molecule has 1 atom stereocenters. The van der Waals surface area contributed by atoms with Crippen LogP contribution in [0.4, 0.5) is 5.69 Å². The minimum atomic E-state index is -0.601. The van der Waals surface area contributed by atoms with Crippen molar-refractivity contribution in [1.82, 2.24) is 4.90 Å². The molecule has 0 aromatic heterocycles. The molecule has 2 aromatic rings. The second-order valence-corrected chi connectivity index (χ2v) is 6.74. The number of nitrogens with zero attached hydrogens (tertiary/aromatic N) is 1. The van der Waals surface area contributed by atoms with Gasteiger partial charge in [0.1, 0.15) is 0 Å². The summed E-state index contributed by atoms with van der Waals surface area (Å²) in [6, 6.07) is 13.0. The van der Waals surface area contributed by atoms with E-state index in [9.17, 15) is 19.2 Å². The van der Waals surface area contributed by atoms with E-state index in [1.807, 2.05) is 30.3 Å². The summed E-state index contributed by atoms with van der Waals surface area (Å²) < 4.78 is 5.10. The molecule has 154 valence electrons. The van der Waals surface area contributed by atoms with Crippen molar-refractivity contribution in [3.8, 4) is 0 Å². The Morgan fingerprint density at radius 3 is 2.43 bits per heavy atom. The number of ether oxygens (including phenoxy) is 1. The first-order chi connectivity index (χ1) is 14.3. The number of anilines is 1. The van der Waals surface area contributed by atoms with Crippen LogP contribution in [-0.2, 0) is 19.1 Å². The smallest absolute Gasteiger partial charge is 0.308 e. The van der Waals surface area contributed by atoms with Crippen LogP contribution in [0.2, 0.25) is 0 Å². The van der Waals surface area contributed by atoms with Gasteiger partial charge in [-0.25, -0.2) is 0 Å². The summed E-state index contributed by atoms with van der Waals surface area (Å²) in [5.74, 6) is -1.89. The summed E-state index contributed by atoms with van der Waals surface area (Å²) in [5.41, 5.74) is 7.68. The fourth-order valence-electron chi connectivity index (χ4n) is 3.19. The molecule has 0 radical (unpaired) electrons. The molecule has 1 aliphatic rings. The fourth-order valence-corrected chi connectivity index (χ4v) is 3.19. The summed E-state index contributed by atoms with van der Waals surface area (Å²) in [4.78, 5) is 48.9. The van der Waals surface area contributed by atoms with Crippen molar-refractivity contribution in [2.75, 3.05) is 11.9 Å². The third-order valence-electron chi connectivity index (χ3n) is 4.65. The zero-order valence-corrected chi connectivity index (χ0v) is 16.3. The Balaban J connectivity index is 1.58. The van der Waals surface area contributed by atoms with Crippen LogP contribution in [0, 0.1) is 0 Å². The third kappa shape index (κ3) is 4.91. The van der Waals surface area contributed by atoms with E-state index < -0.39 is 30.4 Å². The number of amides is 3. The van der Waals surface area contributed by atoms with E-state index >= 15 is 0 Å². The van der Waals surface area contributed by atoms with Crippen molar-refractivity contribution < 1.29 is 23.9 Å². The number of benzene rings is 2. The highest BCUT2D eigenvalue weighted by Crippen LogP contribution is 2.33. The molecular formula is C22H21N3O5. The average molecular weight is 407 g/mol. The number of carbonyl (C=O) groups excluding carboxylic acids is 4. The molecule has 0 saturated heterocycles. The maximum atomic E-state index is 12.4. The van der Waals surface area contributed by atoms with E-state index in [-0.39, 0.29) is 12.3 Å². The van der Waals surface area contributed by atoms with Crippen LogP contribution < -0.4 is 11.1 Å². The van der Waals surface area contributed by atoms with Crippen molar-refractivity contribution in [1.29, 1.82) is 0 Å². The summed E-state index contributed by atoms with van der Waals surface area (Å²) in [5, 5.41) is 2.57. The Hall–Kier alpha value is -3.94. The fraction of sp³-hybridized carbons (Fsp3) is 0.182. The van der Waals surface area contributed by atoms with E-state index in [0.29, 0.717) is 11.3 Å². The highest BCUT2D eigenvalue weighted by Gasteiger charge is 2.28. The van der Waals surface area contributed by atoms with Gasteiger partial charge in [-0.1, -0.05) is 24.3 Å². The first-order valence-corrected chi connectivity index (χ1v) is 9.26. The van der Waals surface area contributed by atoms with E-state index in [2.05, 4.69) is 5.32 Å². The maximum Gasteiger partial charge on any atom is 0.308 e. The lowest BCUT2D eigenvalue weighted by Gasteiger charge is -2.32. The SMILES string of the molecule is CC(=O)N1C=Cc2ccccc2[C@@H]1CC(=O)OCC(=O)Nc1ccc(C(N)=O)cc1. The van der Waals surface area contributed by atoms with Gasteiger partial charge in [-0.2, -0.15) is 0 Å². The first-order valence-electron chi connectivity index (χ1n) is 9.26. The first kappa shape index (κ1) is 20.8. The van der Waals surface area contributed by atoms with Gasteiger partial charge in [-0.05, 0) is 41.5 Å². The minimum absolute atomic E-state index is 0.0818. The molecule has 0 saturated carbocycles. The number of nitrogens with one attached hydrogen (secondary N) is 1.